The minimum absolute atomic E-state index is 0.277. The zero-order valence-corrected chi connectivity index (χ0v) is 13.4. The van der Waals surface area contributed by atoms with E-state index in [-0.39, 0.29) is 6.04 Å². The first-order valence-electron chi connectivity index (χ1n) is 5.83. The highest BCUT2D eigenvalue weighted by molar-refractivity contribution is 9.11. The van der Waals surface area contributed by atoms with Crippen LogP contribution < -0.4 is 5.32 Å². The SMILES string of the molecule is CC(N[C@@H](C)c1cccc(Cl)c1)c1ccc(Br)s1. The maximum Gasteiger partial charge on any atom is 0.0701 e. The summed E-state index contributed by atoms with van der Waals surface area (Å²) in [5.74, 6) is 0. The maximum atomic E-state index is 6.01. The fourth-order valence-electron chi connectivity index (χ4n) is 1.89. The largest absolute Gasteiger partial charge is 0.303 e. The molecule has 1 aromatic heterocycles. The van der Waals surface area contributed by atoms with Gasteiger partial charge in [0.15, 0.2) is 0 Å². The predicted octanol–water partition coefficient (Wildman–Crippen LogP) is 5.58. The van der Waals surface area contributed by atoms with Gasteiger partial charge in [-0.05, 0) is 59.6 Å². The first-order valence-corrected chi connectivity index (χ1v) is 7.82. The number of thiophene rings is 1. The van der Waals surface area contributed by atoms with Crippen molar-refractivity contribution in [1.82, 2.24) is 5.32 Å². The summed E-state index contributed by atoms with van der Waals surface area (Å²) in [5, 5.41) is 4.37. The molecule has 0 aliphatic carbocycles. The van der Waals surface area contributed by atoms with Crippen LogP contribution in [0.4, 0.5) is 0 Å². The monoisotopic (exact) mass is 343 g/mol. The molecule has 0 saturated heterocycles. The molecule has 1 unspecified atom stereocenters. The second-order valence-electron chi connectivity index (χ2n) is 4.31. The standard InChI is InChI=1S/C14H15BrClNS/c1-9(11-4-3-5-12(16)8-11)17-10(2)13-6-7-14(15)18-13/h3-10,17H,1-2H3/t9-,10?/m0/s1. The molecule has 0 amide bonds. The van der Waals surface area contributed by atoms with Crippen molar-refractivity contribution in [3.05, 3.63) is 55.6 Å². The molecule has 96 valence electrons. The third-order valence-corrected chi connectivity index (χ3v) is 4.91. The lowest BCUT2D eigenvalue weighted by Gasteiger charge is -2.19. The molecule has 0 fully saturated rings. The van der Waals surface area contributed by atoms with E-state index in [1.54, 1.807) is 11.3 Å². The molecular formula is C14H15BrClNS. The van der Waals surface area contributed by atoms with E-state index in [1.807, 2.05) is 18.2 Å². The van der Waals surface area contributed by atoms with Crippen LogP contribution in [0.5, 0.6) is 0 Å². The maximum absolute atomic E-state index is 6.01. The average Bonchev–Trinajstić information content (AvgIpc) is 2.76. The number of benzene rings is 1. The Morgan fingerprint density at radius 3 is 2.56 bits per heavy atom. The normalized spacial score (nSPS) is 14.4. The minimum Gasteiger partial charge on any atom is -0.303 e. The molecule has 2 aromatic rings. The molecular weight excluding hydrogens is 330 g/mol. The van der Waals surface area contributed by atoms with Gasteiger partial charge >= 0.3 is 0 Å². The van der Waals surface area contributed by atoms with Crippen molar-refractivity contribution in [2.24, 2.45) is 0 Å². The van der Waals surface area contributed by atoms with Crippen LogP contribution in [0, 0.1) is 0 Å². The number of rotatable bonds is 4. The molecule has 2 atom stereocenters. The molecule has 1 nitrogen and oxygen atoms in total. The van der Waals surface area contributed by atoms with Crippen LogP contribution in [0.1, 0.15) is 36.4 Å². The molecule has 0 spiro atoms. The van der Waals surface area contributed by atoms with Crippen molar-refractivity contribution in [2.75, 3.05) is 0 Å². The number of nitrogens with one attached hydrogen (secondary N) is 1. The molecule has 2 rings (SSSR count). The summed E-state index contributed by atoms with van der Waals surface area (Å²) in [6, 6.07) is 12.8. The van der Waals surface area contributed by atoms with Gasteiger partial charge in [-0.2, -0.15) is 0 Å². The zero-order chi connectivity index (χ0) is 13.1. The van der Waals surface area contributed by atoms with Gasteiger partial charge in [-0.15, -0.1) is 11.3 Å². The van der Waals surface area contributed by atoms with Gasteiger partial charge < -0.3 is 5.32 Å². The van der Waals surface area contributed by atoms with E-state index in [1.165, 1.54) is 14.2 Å². The second kappa shape index (κ2) is 6.20. The van der Waals surface area contributed by atoms with Crippen LogP contribution in [0.15, 0.2) is 40.2 Å². The molecule has 1 aromatic carbocycles. The Hall–Kier alpha value is -0.350. The molecule has 0 saturated carbocycles. The van der Waals surface area contributed by atoms with Crippen molar-refractivity contribution in [3.63, 3.8) is 0 Å². The molecule has 1 heterocycles. The molecule has 18 heavy (non-hydrogen) atoms. The van der Waals surface area contributed by atoms with Gasteiger partial charge in [-0.25, -0.2) is 0 Å². The molecule has 0 aliphatic heterocycles. The molecule has 0 radical (unpaired) electrons. The van der Waals surface area contributed by atoms with Gasteiger partial charge in [0.1, 0.15) is 0 Å². The summed E-state index contributed by atoms with van der Waals surface area (Å²) in [4.78, 5) is 1.33. The summed E-state index contributed by atoms with van der Waals surface area (Å²) >= 11 is 11.3. The third-order valence-electron chi connectivity index (χ3n) is 2.87. The highest BCUT2D eigenvalue weighted by Gasteiger charge is 2.12. The summed E-state index contributed by atoms with van der Waals surface area (Å²) in [6.07, 6.45) is 0. The zero-order valence-electron chi connectivity index (χ0n) is 10.3. The first-order chi connectivity index (χ1) is 8.56. The van der Waals surface area contributed by atoms with E-state index >= 15 is 0 Å². The topological polar surface area (TPSA) is 12.0 Å². The summed E-state index contributed by atoms with van der Waals surface area (Å²) < 4.78 is 1.17. The van der Waals surface area contributed by atoms with Gasteiger partial charge in [0, 0.05) is 22.0 Å². The first kappa shape index (κ1) is 14.1. The van der Waals surface area contributed by atoms with Crippen molar-refractivity contribution in [2.45, 2.75) is 25.9 Å². The van der Waals surface area contributed by atoms with E-state index < -0.39 is 0 Å². The van der Waals surface area contributed by atoms with Crippen LogP contribution in [-0.2, 0) is 0 Å². The highest BCUT2D eigenvalue weighted by atomic mass is 79.9. The van der Waals surface area contributed by atoms with Crippen molar-refractivity contribution < 1.29 is 0 Å². The molecule has 0 aliphatic rings. The lowest BCUT2D eigenvalue weighted by molar-refractivity contribution is 0.500. The highest BCUT2D eigenvalue weighted by Crippen LogP contribution is 2.29. The van der Waals surface area contributed by atoms with Crippen LogP contribution in [0.2, 0.25) is 5.02 Å². The number of hydrogen-bond donors (Lipinski definition) is 1. The Morgan fingerprint density at radius 1 is 1.17 bits per heavy atom. The Bertz CT molecular complexity index is 526. The Morgan fingerprint density at radius 2 is 1.94 bits per heavy atom. The molecule has 0 bridgehead atoms. The average molecular weight is 345 g/mol. The number of halogens is 2. The van der Waals surface area contributed by atoms with E-state index in [0.717, 1.165) is 5.02 Å². The smallest absolute Gasteiger partial charge is 0.0701 e. The molecule has 1 N–H and O–H groups in total. The fraction of sp³-hybridized carbons (Fsp3) is 0.286. The van der Waals surface area contributed by atoms with Gasteiger partial charge in [-0.3, -0.25) is 0 Å². The van der Waals surface area contributed by atoms with Crippen molar-refractivity contribution in [1.29, 1.82) is 0 Å². The van der Waals surface area contributed by atoms with Crippen LogP contribution >= 0.6 is 38.9 Å². The third kappa shape index (κ3) is 3.58. The predicted molar refractivity (Wildman–Crippen MR) is 83.4 cm³/mol. The minimum atomic E-state index is 0.277. The van der Waals surface area contributed by atoms with Crippen molar-refractivity contribution >= 4 is 38.9 Å². The Kier molecular flexibility index (Phi) is 4.84. The van der Waals surface area contributed by atoms with Gasteiger partial charge in [-0.1, -0.05) is 23.7 Å². The second-order valence-corrected chi connectivity index (χ2v) is 7.24. The molecule has 4 heteroatoms. The summed E-state index contributed by atoms with van der Waals surface area (Å²) in [5.41, 5.74) is 1.21. The quantitative estimate of drug-likeness (QED) is 0.764. The van der Waals surface area contributed by atoms with Crippen LogP contribution in [0.3, 0.4) is 0 Å². The van der Waals surface area contributed by atoms with E-state index in [4.69, 9.17) is 11.6 Å². The Labute approximate surface area is 125 Å². The van der Waals surface area contributed by atoms with Gasteiger partial charge in [0.05, 0.1) is 3.79 Å². The van der Waals surface area contributed by atoms with E-state index in [9.17, 15) is 0 Å². The van der Waals surface area contributed by atoms with Crippen LogP contribution in [-0.4, -0.2) is 0 Å². The van der Waals surface area contributed by atoms with Crippen molar-refractivity contribution in [3.8, 4) is 0 Å². The van der Waals surface area contributed by atoms with E-state index in [0.29, 0.717) is 6.04 Å². The Balaban J connectivity index is 2.05. The summed E-state index contributed by atoms with van der Waals surface area (Å²) in [7, 11) is 0. The summed E-state index contributed by atoms with van der Waals surface area (Å²) in [6.45, 7) is 4.34. The van der Waals surface area contributed by atoms with Gasteiger partial charge in [0.25, 0.3) is 0 Å². The lowest BCUT2D eigenvalue weighted by Crippen LogP contribution is -2.21. The fourth-order valence-corrected chi connectivity index (χ4v) is 3.52. The van der Waals surface area contributed by atoms with Crippen LogP contribution in [0.25, 0.3) is 0 Å². The lowest BCUT2D eigenvalue weighted by atomic mass is 10.1. The number of hydrogen-bond acceptors (Lipinski definition) is 2. The van der Waals surface area contributed by atoms with E-state index in [2.05, 4.69) is 53.3 Å². The van der Waals surface area contributed by atoms with Gasteiger partial charge in [0.2, 0.25) is 0 Å².